The van der Waals surface area contributed by atoms with Crippen LogP contribution in [0.1, 0.15) is 52.7 Å². The van der Waals surface area contributed by atoms with E-state index in [4.69, 9.17) is 0 Å². The smallest absolute Gasteiger partial charge is 0.179 e. The van der Waals surface area contributed by atoms with Crippen molar-refractivity contribution in [3.05, 3.63) is 145 Å². The number of hydrogen-bond acceptors (Lipinski definition) is 1. The Morgan fingerprint density at radius 3 is 1.10 bits per heavy atom. The molecule has 1 N–H and O–H groups in total. The third-order valence-electron chi connectivity index (χ3n) is 7.89. The summed E-state index contributed by atoms with van der Waals surface area (Å²) in [4.78, 5) is 0. The van der Waals surface area contributed by atoms with E-state index in [0.29, 0.717) is 0 Å². The van der Waals surface area contributed by atoms with Crippen LogP contribution < -0.4 is 26.1 Å². The zero-order valence-electron chi connectivity index (χ0n) is 24.7. The van der Waals surface area contributed by atoms with Crippen LogP contribution in [0.5, 0.6) is 0 Å². The fourth-order valence-electron chi connectivity index (χ4n) is 5.60. The van der Waals surface area contributed by atoms with Crippen LogP contribution in [-0.4, -0.2) is 8.07 Å². The van der Waals surface area contributed by atoms with E-state index in [1.165, 1.54) is 31.9 Å². The van der Waals surface area contributed by atoms with Crippen molar-refractivity contribution < 1.29 is 0 Å². The van der Waals surface area contributed by atoms with Crippen LogP contribution in [-0.2, 0) is 10.8 Å². The van der Waals surface area contributed by atoms with Gasteiger partial charge < -0.3 is 5.32 Å². The second-order valence-electron chi connectivity index (χ2n) is 12.8. The normalized spacial score (nSPS) is 12.2. The summed E-state index contributed by atoms with van der Waals surface area (Å²) in [7, 11) is -2.51. The van der Waals surface area contributed by atoms with Crippen molar-refractivity contribution in [1.82, 2.24) is 0 Å². The zero-order chi connectivity index (χ0) is 28.4. The molecule has 0 saturated heterocycles. The first-order chi connectivity index (χ1) is 19.1. The molecular weight excluding hydrogens is 499 g/mol. The van der Waals surface area contributed by atoms with Gasteiger partial charge in [0.2, 0.25) is 0 Å². The van der Waals surface area contributed by atoms with E-state index in [9.17, 15) is 0 Å². The van der Waals surface area contributed by atoms with Gasteiger partial charge in [-0.1, -0.05) is 151 Å². The highest BCUT2D eigenvalue weighted by Crippen LogP contribution is 2.33. The molecule has 0 unspecified atom stereocenters. The Balaban J connectivity index is 1.62. The molecule has 0 atom stereocenters. The van der Waals surface area contributed by atoms with E-state index in [2.05, 4.69) is 180 Å². The van der Waals surface area contributed by atoms with Crippen molar-refractivity contribution in [3.8, 4) is 0 Å². The van der Waals surface area contributed by atoms with Gasteiger partial charge in [0, 0.05) is 11.4 Å². The first kappa shape index (κ1) is 27.7. The topological polar surface area (TPSA) is 12.0 Å². The molecule has 5 rings (SSSR count). The predicted molar refractivity (Wildman–Crippen MR) is 177 cm³/mol. The largest absolute Gasteiger partial charge is 0.356 e. The molecule has 0 heterocycles. The molecule has 0 bridgehead atoms. The third kappa shape index (κ3) is 5.55. The van der Waals surface area contributed by atoms with Crippen LogP contribution in [0, 0.1) is 0 Å². The van der Waals surface area contributed by atoms with Crippen molar-refractivity contribution in [2.45, 2.75) is 52.4 Å². The number of nitrogens with one attached hydrogen (secondary N) is 1. The van der Waals surface area contributed by atoms with E-state index in [1.807, 2.05) is 0 Å². The van der Waals surface area contributed by atoms with Gasteiger partial charge in [0.05, 0.1) is 0 Å². The quantitative estimate of drug-likeness (QED) is 0.175. The summed E-state index contributed by atoms with van der Waals surface area (Å²) in [5, 5.41) is 9.29. The molecule has 1 nitrogen and oxygen atoms in total. The second-order valence-corrected chi connectivity index (χ2v) is 16.7. The van der Waals surface area contributed by atoms with E-state index < -0.39 is 8.07 Å². The van der Waals surface area contributed by atoms with Crippen LogP contribution in [0.2, 0.25) is 0 Å². The fourth-order valence-corrected chi connectivity index (χ4v) is 10.3. The Bertz CT molecular complexity index is 1410. The minimum atomic E-state index is -2.51. The molecule has 0 radical (unpaired) electrons. The molecule has 0 aliphatic heterocycles. The van der Waals surface area contributed by atoms with Gasteiger partial charge in [-0.3, -0.25) is 0 Å². The molecule has 2 heteroatoms. The van der Waals surface area contributed by atoms with Crippen LogP contribution in [0.15, 0.2) is 133 Å². The maximum atomic E-state index is 3.74. The van der Waals surface area contributed by atoms with Gasteiger partial charge in [-0.2, -0.15) is 0 Å². The monoisotopic (exact) mass is 539 g/mol. The molecule has 5 aromatic rings. The summed E-state index contributed by atoms with van der Waals surface area (Å²) in [6.45, 7) is 13.7. The maximum Gasteiger partial charge on any atom is 0.179 e. The second kappa shape index (κ2) is 10.9. The van der Waals surface area contributed by atoms with Gasteiger partial charge >= 0.3 is 0 Å². The minimum Gasteiger partial charge on any atom is -0.356 e. The van der Waals surface area contributed by atoms with Crippen LogP contribution in [0.25, 0.3) is 0 Å². The Kier molecular flexibility index (Phi) is 7.57. The van der Waals surface area contributed by atoms with Crippen LogP contribution in [0.4, 0.5) is 11.4 Å². The predicted octanol–water partition coefficient (Wildman–Crippen LogP) is 7.40. The van der Waals surface area contributed by atoms with Gasteiger partial charge in [-0.05, 0) is 67.0 Å². The Labute approximate surface area is 242 Å². The van der Waals surface area contributed by atoms with E-state index in [1.54, 1.807) is 0 Å². The summed E-state index contributed by atoms with van der Waals surface area (Å²) in [5.41, 5.74) is 5.10. The third-order valence-corrected chi connectivity index (χ3v) is 12.7. The molecular formula is C38H41NSi. The van der Waals surface area contributed by atoms with Crippen molar-refractivity contribution in [2.75, 3.05) is 5.32 Å². The highest BCUT2D eigenvalue weighted by atomic mass is 28.3. The van der Waals surface area contributed by atoms with Crippen molar-refractivity contribution in [1.29, 1.82) is 0 Å². The number of hydrogen-bond donors (Lipinski definition) is 1. The summed E-state index contributed by atoms with van der Waals surface area (Å²) in [5.74, 6) is 0. The summed E-state index contributed by atoms with van der Waals surface area (Å²) in [6.07, 6.45) is 0. The van der Waals surface area contributed by atoms with E-state index in [-0.39, 0.29) is 10.8 Å². The van der Waals surface area contributed by atoms with Crippen LogP contribution in [0.3, 0.4) is 0 Å². The van der Waals surface area contributed by atoms with E-state index in [0.717, 1.165) is 11.4 Å². The van der Waals surface area contributed by atoms with Gasteiger partial charge in [0.15, 0.2) is 8.07 Å². The maximum absolute atomic E-state index is 3.74. The highest BCUT2D eigenvalue weighted by Gasteiger charge is 2.41. The molecule has 0 spiro atoms. The molecule has 0 aliphatic rings. The molecule has 0 saturated carbocycles. The van der Waals surface area contributed by atoms with Crippen molar-refractivity contribution in [2.24, 2.45) is 0 Å². The lowest BCUT2D eigenvalue weighted by atomic mass is 9.80. The Hall–Kier alpha value is -3.88. The lowest BCUT2D eigenvalue weighted by Crippen LogP contribution is -2.74. The highest BCUT2D eigenvalue weighted by molar-refractivity contribution is 7.19. The molecule has 202 valence electrons. The van der Waals surface area contributed by atoms with Crippen molar-refractivity contribution in [3.63, 3.8) is 0 Å². The molecule has 0 fully saturated rings. The Morgan fingerprint density at radius 2 is 0.750 bits per heavy atom. The van der Waals surface area contributed by atoms with Gasteiger partial charge in [-0.25, -0.2) is 0 Å². The van der Waals surface area contributed by atoms with Crippen molar-refractivity contribution >= 4 is 40.2 Å². The average Bonchev–Trinajstić information content (AvgIpc) is 2.95. The van der Waals surface area contributed by atoms with Crippen LogP contribution >= 0.6 is 0 Å². The van der Waals surface area contributed by atoms with Gasteiger partial charge in [0.25, 0.3) is 0 Å². The lowest BCUT2D eigenvalue weighted by Gasteiger charge is -2.34. The number of benzene rings is 5. The molecule has 0 amide bonds. The number of anilines is 2. The van der Waals surface area contributed by atoms with Gasteiger partial charge in [0.1, 0.15) is 0 Å². The summed E-state index contributed by atoms with van der Waals surface area (Å²) in [6, 6.07) is 49.4. The fraction of sp³-hybridized carbons (Fsp3) is 0.211. The number of rotatable bonds is 6. The molecule has 5 aromatic carbocycles. The minimum absolute atomic E-state index is 0.0772. The summed E-state index contributed by atoms with van der Waals surface area (Å²) >= 11 is 0. The van der Waals surface area contributed by atoms with E-state index >= 15 is 0 Å². The molecule has 0 aromatic heterocycles. The SMILES string of the molecule is CC(C)(C)c1cc(Nc2ccc([Si](c3ccccc3)(c3ccccc3)c3ccccc3)cc2)cc(C(C)(C)C)c1. The lowest BCUT2D eigenvalue weighted by molar-refractivity contribution is 0.569. The standard InChI is InChI=1S/C38H41NSi/c1-37(2,3)29-26-30(38(4,5)6)28-32(27-29)39-31-22-24-36(25-23-31)40(33-16-10-7-11-17-33,34-18-12-8-13-19-34)35-20-14-9-15-21-35/h7-28,39H,1-6H3. The molecule has 40 heavy (non-hydrogen) atoms. The molecule has 0 aliphatic carbocycles. The average molecular weight is 540 g/mol. The Morgan fingerprint density at radius 1 is 0.400 bits per heavy atom. The summed E-state index contributed by atoms with van der Waals surface area (Å²) < 4.78 is 0. The first-order valence-corrected chi connectivity index (χ1v) is 16.3. The van der Waals surface area contributed by atoms with Gasteiger partial charge in [-0.15, -0.1) is 0 Å². The first-order valence-electron chi connectivity index (χ1n) is 14.3. The zero-order valence-corrected chi connectivity index (χ0v) is 25.7.